The molecule has 4 aliphatic heterocycles. The second-order valence-corrected chi connectivity index (χ2v) is 19.1. The number of ether oxygens (including phenoxy) is 4. The van der Waals surface area contributed by atoms with Crippen molar-refractivity contribution >= 4 is 49.1 Å². The Morgan fingerprint density at radius 2 is 1.09 bits per heavy atom. The van der Waals surface area contributed by atoms with E-state index in [0.29, 0.717) is 39.3 Å². The second kappa shape index (κ2) is 43.7. The number of rotatable bonds is 21. The summed E-state index contributed by atoms with van der Waals surface area (Å²) in [5, 5.41) is 14.2. The molecule has 0 aromatic heterocycles. The standard InChI is InChI=1S/C24H41N5O5.C15H18N2O3.C8H10O.C7H7NO.C4H9NO.C2H6.C2H4/c1-16(27-23(31)17(2)25-5)18(3)33-13-7-8-14-34-19(4)22(26-6)24(32)29-12-10-20-21(29)9-11-28(20)15-30;18-11-16-8-6-14-13(16)7-9-17(14)15(19)20-10-12-4-2-1-3-5-12;1-9-7-8-5-3-2-4-6-8;9-6-8-7-4-2-1-3-5-7;1-4(3-6)5-2;2*1-2/h15-22,25-26H,9-14H2,1-6H3,(H,27,31);1-5,11,13-14H,6-10H2;2-6H,7H2,1H3;1-6H,(H,8,9);3-5H,1-2H3;1-2H3;1-2H2/t16?,17-,18?,19?,20+,21?,22?;13-,14-;;;4-;;/m01..0../s1. The van der Waals surface area contributed by atoms with Crippen molar-refractivity contribution < 1.29 is 52.5 Å². The number of likely N-dealkylation sites (tertiary alicyclic amines) is 4. The average Bonchev–Trinajstić information content (AvgIpc) is 4.54. The van der Waals surface area contributed by atoms with E-state index >= 15 is 0 Å². The molecule has 3 aromatic carbocycles. The predicted octanol–water partition coefficient (Wildman–Crippen LogP) is 5.67. The summed E-state index contributed by atoms with van der Waals surface area (Å²) in [5.74, 6) is 5.77. The highest BCUT2D eigenvalue weighted by Crippen LogP contribution is 2.32. The van der Waals surface area contributed by atoms with Gasteiger partial charge in [-0.15, -0.1) is 13.2 Å². The van der Waals surface area contributed by atoms with Crippen LogP contribution in [0.25, 0.3) is 0 Å². The van der Waals surface area contributed by atoms with E-state index in [1.165, 1.54) is 5.56 Å². The molecule has 3 aromatic rings. The van der Waals surface area contributed by atoms with Gasteiger partial charge in [-0.1, -0.05) is 105 Å². The summed E-state index contributed by atoms with van der Waals surface area (Å²) in [6.07, 6.45) is 5.83. The molecule has 0 saturated carbocycles. The summed E-state index contributed by atoms with van der Waals surface area (Å²) in [6, 6.07) is 28.7. The quantitative estimate of drug-likeness (QED) is 0.0492. The smallest absolute Gasteiger partial charge is 0.410 e. The van der Waals surface area contributed by atoms with Gasteiger partial charge in [-0.3, -0.25) is 24.0 Å². The third-order valence-corrected chi connectivity index (χ3v) is 14.0. The molecule has 82 heavy (non-hydrogen) atoms. The van der Waals surface area contributed by atoms with Crippen molar-refractivity contribution in [1.29, 1.82) is 0 Å². The lowest BCUT2D eigenvalue weighted by Gasteiger charge is -2.30. The highest BCUT2D eigenvalue weighted by Gasteiger charge is 2.46. The first-order valence-electron chi connectivity index (χ1n) is 28.2. The Hall–Kier alpha value is -6.99. The Morgan fingerprint density at radius 3 is 1.52 bits per heavy atom. The number of aldehydes is 1. The Bertz CT molecular complexity index is 2300. The maximum atomic E-state index is 13.2. The lowest BCUT2D eigenvalue weighted by molar-refractivity contribution is -0.138. The molecule has 454 valence electrons. The van der Waals surface area contributed by atoms with Crippen LogP contribution in [-0.4, -0.2) is 191 Å². The topological polar surface area (TPSA) is 230 Å². The minimum atomic E-state index is -0.480. The van der Waals surface area contributed by atoms with E-state index in [0.717, 1.165) is 62.6 Å². The van der Waals surface area contributed by atoms with Crippen LogP contribution in [0.15, 0.2) is 104 Å². The SMILES string of the molecule is C=C.CC.CNC(C(=O)N1CC[C@@H]2C1CCN2C=O)C(C)OCC#CCOC(C)C(C)NC(=O)[C@H](C)NC.CN[C@@H](C)C=O.COCc1ccccc1.O=CN1CC[C@@H]2[C@H]1CCN2C(=O)OCc1ccccc1.O=CNc1ccccc1. The lowest BCUT2D eigenvalue weighted by atomic mass is 10.1. The first-order chi connectivity index (χ1) is 39.7. The summed E-state index contributed by atoms with van der Waals surface area (Å²) in [5.41, 5.74) is 3.03. The molecule has 0 aliphatic carbocycles. The summed E-state index contributed by atoms with van der Waals surface area (Å²) < 4.78 is 21.8. The average molecular weight is 1140 g/mol. The molecule has 20 heteroatoms. The number of carbonyl (C=O) groups is 7. The van der Waals surface area contributed by atoms with E-state index in [1.807, 2.05) is 135 Å². The molecule has 0 radical (unpaired) electrons. The molecule has 4 aliphatic rings. The van der Waals surface area contributed by atoms with Crippen LogP contribution in [0.5, 0.6) is 0 Å². The molecule has 4 heterocycles. The van der Waals surface area contributed by atoms with Gasteiger partial charge in [0, 0.05) is 39.0 Å². The number of amides is 6. The first-order valence-corrected chi connectivity index (χ1v) is 28.2. The number of likely N-dealkylation sites (N-methyl/N-ethyl adjacent to an activating group) is 3. The van der Waals surface area contributed by atoms with Gasteiger partial charge in [0.05, 0.1) is 61.1 Å². The third kappa shape index (κ3) is 25.9. The third-order valence-electron chi connectivity index (χ3n) is 14.0. The fourth-order valence-corrected chi connectivity index (χ4v) is 9.04. The molecule has 20 nitrogen and oxygen atoms in total. The van der Waals surface area contributed by atoms with E-state index in [1.54, 1.807) is 51.9 Å². The van der Waals surface area contributed by atoms with Gasteiger partial charge in [0.25, 0.3) is 0 Å². The molecule has 6 amide bonds. The number of nitrogens with zero attached hydrogens (tertiary/aromatic N) is 4. The minimum Gasteiger partial charge on any atom is -0.445 e. The summed E-state index contributed by atoms with van der Waals surface area (Å²) >= 11 is 0. The van der Waals surface area contributed by atoms with Crippen LogP contribution < -0.4 is 26.6 Å². The van der Waals surface area contributed by atoms with Crippen LogP contribution in [0.2, 0.25) is 0 Å². The molecule has 0 spiro atoms. The molecule has 4 saturated heterocycles. The van der Waals surface area contributed by atoms with Crippen LogP contribution >= 0.6 is 0 Å². The van der Waals surface area contributed by atoms with Crippen LogP contribution in [0.3, 0.4) is 0 Å². The number of hydrogen-bond donors (Lipinski definition) is 5. The number of para-hydroxylation sites is 1. The van der Waals surface area contributed by atoms with Crippen LogP contribution in [0.1, 0.15) is 85.3 Å². The van der Waals surface area contributed by atoms with Crippen molar-refractivity contribution in [2.75, 3.05) is 73.0 Å². The van der Waals surface area contributed by atoms with Gasteiger partial charge in [-0.2, -0.15) is 0 Å². The molecule has 0 bridgehead atoms. The number of benzene rings is 3. The Labute approximate surface area is 488 Å². The second-order valence-electron chi connectivity index (χ2n) is 19.1. The fourth-order valence-electron chi connectivity index (χ4n) is 9.04. The number of anilines is 1. The zero-order valence-corrected chi connectivity index (χ0v) is 50.4. The van der Waals surface area contributed by atoms with Gasteiger partial charge in [0.1, 0.15) is 32.1 Å². The summed E-state index contributed by atoms with van der Waals surface area (Å²) in [7, 11) is 6.94. The Morgan fingerprint density at radius 1 is 0.622 bits per heavy atom. The van der Waals surface area contributed by atoms with Crippen LogP contribution in [0.4, 0.5) is 10.5 Å². The maximum absolute atomic E-state index is 13.2. The first kappa shape index (κ1) is 73.0. The number of methoxy groups -OCH3 is 1. The number of carbonyl (C=O) groups excluding carboxylic acids is 7. The zero-order chi connectivity index (χ0) is 61.2. The highest BCUT2D eigenvalue weighted by molar-refractivity contribution is 5.83. The highest BCUT2D eigenvalue weighted by atomic mass is 16.6. The number of nitrogens with one attached hydrogen (secondary N) is 5. The largest absolute Gasteiger partial charge is 0.445 e. The van der Waals surface area contributed by atoms with E-state index in [-0.39, 0.29) is 85.6 Å². The lowest BCUT2D eigenvalue weighted by Crippen LogP contribution is -2.53. The number of fused-ring (bicyclic) bond motifs is 2. The van der Waals surface area contributed by atoms with E-state index in [9.17, 15) is 33.6 Å². The maximum Gasteiger partial charge on any atom is 0.410 e. The van der Waals surface area contributed by atoms with Crippen molar-refractivity contribution in [3.8, 4) is 11.8 Å². The zero-order valence-electron chi connectivity index (χ0n) is 50.4. The van der Waals surface area contributed by atoms with Crippen molar-refractivity contribution in [3.63, 3.8) is 0 Å². The predicted molar refractivity (Wildman–Crippen MR) is 322 cm³/mol. The van der Waals surface area contributed by atoms with Gasteiger partial charge < -0.3 is 69.9 Å². The van der Waals surface area contributed by atoms with Gasteiger partial charge in [0.2, 0.25) is 31.0 Å². The Balaban J connectivity index is 0.000000583. The van der Waals surface area contributed by atoms with Crippen molar-refractivity contribution in [3.05, 3.63) is 115 Å². The minimum absolute atomic E-state index is 0.00370. The van der Waals surface area contributed by atoms with E-state index in [2.05, 4.69) is 51.6 Å². The van der Waals surface area contributed by atoms with Crippen LogP contribution in [0, 0.1) is 11.8 Å². The molecular formula is C62H95N9O11. The van der Waals surface area contributed by atoms with Crippen LogP contribution in [-0.2, 0) is 60.9 Å². The van der Waals surface area contributed by atoms with Crippen molar-refractivity contribution in [2.45, 2.75) is 148 Å². The van der Waals surface area contributed by atoms with Gasteiger partial charge in [0.15, 0.2) is 0 Å². The van der Waals surface area contributed by atoms with E-state index < -0.39 is 6.04 Å². The number of hydrogen-bond acceptors (Lipinski definition) is 14. The monoisotopic (exact) mass is 1140 g/mol. The molecule has 5 N–H and O–H groups in total. The molecular weight excluding hydrogens is 1050 g/mol. The Kier molecular flexibility index (Phi) is 38.9. The van der Waals surface area contributed by atoms with Crippen molar-refractivity contribution in [2.24, 2.45) is 0 Å². The van der Waals surface area contributed by atoms with Gasteiger partial charge in [-0.25, -0.2) is 4.79 Å². The molecule has 10 atom stereocenters. The summed E-state index contributed by atoms with van der Waals surface area (Å²) in [4.78, 5) is 86.2. The van der Waals surface area contributed by atoms with Gasteiger partial charge in [-0.05, 0) is 105 Å². The molecule has 5 unspecified atom stereocenters. The normalized spacial score (nSPS) is 19.0. The fraction of sp³-hybridized carbons (Fsp3) is 0.532. The van der Waals surface area contributed by atoms with Gasteiger partial charge >= 0.3 is 6.09 Å². The molecule has 7 rings (SSSR count). The summed E-state index contributed by atoms with van der Waals surface area (Å²) in [6.45, 7) is 23.4. The van der Waals surface area contributed by atoms with E-state index in [4.69, 9.17) is 18.9 Å². The van der Waals surface area contributed by atoms with Crippen molar-refractivity contribution in [1.82, 2.24) is 40.9 Å². The molecule has 4 fully saturated rings.